The SMILES string of the molecule is C[C@H](Oc1cc(O[C@H]2CN(C(=O)OC(C)(C)C)[C@@H]2C)cc(-c2noc([C@@]3(C)CCCc4sc(N)c(C#N)c43)n2)n1)[C@@H]1CCCN1C. The van der Waals surface area contributed by atoms with Crippen LogP contribution in [0.2, 0.25) is 0 Å². The number of nitrogens with two attached hydrogens (primary N) is 1. The summed E-state index contributed by atoms with van der Waals surface area (Å²) >= 11 is 1.46. The van der Waals surface area contributed by atoms with Crippen LogP contribution in [-0.4, -0.2) is 81.0 Å². The molecule has 0 saturated carbocycles. The summed E-state index contributed by atoms with van der Waals surface area (Å²) in [6, 6.07) is 5.93. The molecule has 3 aromatic heterocycles. The minimum absolute atomic E-state index is 0.109. The van der Waals surface area contributed by atoms with Crippen LogP contribution in [-0.2, 0) is 16.6 Å². The average Bonchev–Trinajstić information content (AvgIpc) is 3.72. The van der Waals surface area contributed by atoms with Gasteiger partial charge in [-0.05, 0) is 87.2 Å². The van der Waals surface area contributed by atoms with Gasteiger partial charge in [0.1, 0.15) is 40.3 Å². The Bertz CT molecular complexity index is 1660. The number of nitrogen functional groups attached to an aromatic ring is 1. The molecular formula is C33H43N7O5S. The van der Waals surface area contributed by atoms with Crippen LogP contribution in [0.15, 0.2) is 16.7 Å². The van der Waals surface area contributed by atoms with Crippen LogP contribution in [0.1, 0.15) is 89.1 Å². The number of carbonyl (C=O) groups excluding carboxylic acids is 1. The number of amides is 1. The topological polar surface area (TPSA) is 153 Å². The first-order valence-corrected chi connectivity index (χ1v) is 16.8. The third kappa shape index (κ3) is 6.00. The summed E-state index contributed by atoms with van der Waals surface area (Å²) in [5.41, 5.74) is 6.82. The van der Waals surface area contributed by atoms with E-state index in [2.05, 4.69) is 30.1 Å². The number of aryl methyl sites for hydroxylation is 1. The van der Waals surface area contributed by atoms with E-state index in [9.17, 15) is 10.1 Å². The van der Waals surface area contributed by atoms with Crippen molar-refractivity contribution in [3.05, 3.63) is 34.0 Å². The number of likely N-dealkylation sites (tertiary alicyclic amines) is 2. The third-order valence-electron chi connectivity index (χ3n) is 9.40. The number of carbonyl (C=O) groups is 1. The maximum atomic E-state index is 12.7. The smallest absolute Gasteiger partial charge is 0.410 e. The fraction of sp³-hybridized carbons (Fsp3) is 0.606. The molecule has 46 heavy (non-hydrogen) atoms. The second kappa shape index (κ2) is 12.0. The van der Waals surface area contributed by atoms with Gasteiger partial charge in [0, 0.05) is 28.6 Å². The van der Waals surface area contributed by atoms with Gasteiger partial charge in [-0.3, -0.25) is 9.80 Å². The van der Waals surface area contributed by atoms with E-state index < -0.39 is 11.0 Å². The fourth-order valence-corrected chi connectivity index (χ4v) is 8.02. The number of ether oxygens (including phenoxy) is 3. The molecule has 2 aliphatic heterocycles. The van der Waals surface area contributed by atoms with Gasteiger partial charge in [0.15, 0.2) is 0 Å². The highest BCUT2D eigenvalue weighted by Crippen LogP contribution is 2.48. The van der Waals surface area contributed by atoms with Crippen LogP contribution in [0.4, 0.5) is 9.80 Å². The van der Waals surface area contributed by atoms with Crippen molar-refractivity contribution in [2.24, 2.45) is 0 Å². The largest absolute Gasteiger partial charge is 0.486 e. The molecule has 0 unspecified atom stereocenters. The van der Waals surface area contributed by atoms with Gasteiger partial charge in [-0.1, -0.05) is 5.16 Å². The van der Waals surface area contributed by atoms with E-state index in [0.717, 1.165) is 49.1 Å². The number of thiophene rings is 1. The molecule has 0 aromatic carbocycles. The molecule has 6 rings (SSSR count). The van der Waals surface area contributed by atoms with Gasteiger partial charge in [0.05, 0.1) is 23.6 Å². The summed E-state index contributed by atoms with van der Waals surface area (Å²) < 4.78 is 24.3. The number of likely N-dealkylation sites (N-methyl/N-ethyl adjacent to an activating group) is 1. The summed E-state index contributed by atoms with van der Waals surface area (Å²) in [7, 11) is 2.11. The first-order valence-electron chi connectivity index (χ1n) is 16.0. The maximum absolute atomic E-state index is 12.7. The molecule has 13 heteroatoms. The number of fused-ring (bicyclic) bond motifs is 1. The van der Waals surface area contributed by atoms with Crippen LogP contribution in [0, 0.1) is 11.3 Å². The zero-order valence-electron chi connectivity index (χ0n) is 27.6. The summed E-state index contributed by atoms with van der Waals surface area (Å²) in [6.07, 6.45) is 3.98. The Balaban J connectivity index is 1.29. The monoisotopic (exact) mass is 649 g/mol. The molecule has 0 radical (unpaired) electrons. The standard InChI is InChI=1S/C33H43N7O5S/c1-18-24(17-40(18)31(41)44-32(3,4)5)43-20-14-22(36-26(15-20)42-19(2)23-10-9-13-39(23)7)29-37-30(45-38-29)33(6)12-8-11-25-27(33)21(16-34)28(35)46-25/h14-15,18-19,23-24H,8-13,17,35H2,1-7H3/t18-,19+,23+,24+,33+/m1/s1. The number of nitrogens with zero attached hydrogens (tertiary/aromatic N) is 6. The first kappa shape index (κ1) is 32.1. The van der Waals surface area contributed by atoms with Gasteiger partial charge in [-0.25, -0.2) is 9.78 Å². The Morgan fingerprint density at radius 1 is 1.28 bits per heavy atom. The molecule has 0 bridgehead atoms. The van der Waals surface area contributed by atoms with Crippen molar-refractivity contribution in [1.82, 2.24) is 24.9 Å². The van der Waals surface area contributed by atoms with E-state index >= 15 is 0 Å². The number of hydrogen-bond acceptors (Lipinski definition) is 12. The molecule has 2 fully saturated rings. The van der Waals surface area contributed by atoms with Crippen molar-refractivity contribution in [2.45, 2.75) is 109 Å². The van der Waals surface area contributed by atoms with Crippen molar-refractivity contribution in [3.8, 4) is 29.2 Å². The minimum atomic E-state index is -0.653. The third-order valence-corrected chi connectivity index (χ3v) is 10.5. The number of anilines is 1. The van der Waals surface area contributed by atoms with Crippen molar-refractivity contribution < 1.29 is 23.5 Å². The van der Waals surface area contributed by atoms with Crippen molar-refractivity contribution in [2.75, 3.05) is 25.9 Å². The highest BCUT2D eigenvalue weighted by atomic mass is 32.1. The molecule has 3 aromatic rings. The molecule has 2 saturated heterocycles. The molecule has 1 amide bonds. The van der Waals surface area contributed by atoms with Crippen LogP contribution < -0.4 is 15.2 Å². The van der Waals surface area contributed by atoms with E-state index in [-0.39, 0.29) is 30.4 Å². The number of aromatic nitrogens is 3. The Morgan fingerprint density at radius 2 is 2.07 bits per heavy atom. The Labute approximate surface area is 273 Å². The second-order valence-corrected chi connectivity index (χ2v) is 15.1. The van der Waals surface area contributed by atoms with E-state index in [1.165, 1.54) is 11.3 Å². The minimum Gasteiger partial charge on any atom is -0.486 e. The van der Waals surface area contributed by atoms with Crippen LogP contribution in [0.25, 0.3) is 11.5 Å². The normalized spacial score (nSPS) is 25.3. The molecule has 5 heterocycles. The van der Waals surface area contributed by atoms with E-state index in [0.29, 0.717) is 46.1 Å². The number of hydrogen-bond donors (Lipinski definition) is 1. The molecular weight excluding hydrogens is 606 g/mol. The Kier molecular flexibility index (Phi) is 8.39. The lowest BCUT2D eigenvalue weighted by atomic mass is 9.72. The lowest BCUT2D eigenvalue weighted by Gasteiger charge is -2.45. The summed E-state index contributed by atoms with van der Waals surface area (Å²) in [4.78, 5) is 27.3. The van der Waals surface area contributed by atoms with Gasteiger partial charge >= 0.3 is 6.09 Å². The number of pyridine rings is 1. The first-order chi connectivity index (χ1) is 21.8. The molecule has 12 nitrogen and oxygen atoms in total. The fourth-order valence-electron chi connectivity index (χ4n) is 6.83. The van der Waals surface area contributed by atoms with Gasteiger partial charge < -0.3 is 24.5 Å². The van der Waals surface area contributed by atoms with Gasteiger partial charge in [-0.15, -0.1) is 11.3 Å². The summed E-state index contributed by atoms with van der Waals surface area (Å²) in [5, 5.41) is 14.8. The average molecular weight is 650 g/mol. The van der Waals surface area contributed by atoms with Crippen LogP contribution in [0.3, 0.4) is 0 Å². The van der Waals surface area contributed by atoms with Crippen LogP contribution >= 0.6 is 11.3 Å². The van der Waals surface area contributed by atoms with Crippen molar-refractivity contribution >= 4 is 22.4 Å². The van der Waals surface area contributed by atoms with Crippen LogP contribution in [0.5, 0.6) is 11.6 Å². The molecule has 246 valence electrons. The second-order valence-electron chi connectivity index (χ2n) is 13.9. The molecule has 1 aliphatic carbocycles. The zero-order chi connectivity index (χ0) is 33.0. The zero-order valence-corrected chi connectivity index (χ0v) is 28.4. The predicted molar refractivity (Wildman–Crippen MR) is 173 cm³/mol. The van der Waals surface area contributed by atoms with Gasteiger partial charge in [-0.2, -0.15) is 10.2 Å². The van der Waals surface area contributed by atoms with Crippen molar-refractivity contribution in [3.63, 3.8) is 0 Å². The predicted octanol–water partition coefficient (Wildman–Crippen LogP) is 5.54. The van der Waals surface area contributed by atoms with E-state index in [1.54, 1.807) is 17.0 Å². The van der Waals surface area contributed by atoms with E-state index in [4.69, 9.17) is 34.4 Å². The quantitative estimate of drug-likeness (QED) is 0.343. The highest BCUT2D eigenvalue weighted by Gasteiger charge is 2.44. The molecule has 3 aliphatic rings. The van der Waals surface area contributed by atoms with Gasteiger partial charge in [0.2, 0.25) is 17.6 Å². The lowest BCUT2D eigenvalue weighted by molar-refractivity contribution is -0.0537. The lowest BCUT2D eigenvalue weighted by Crippen LogP contribution is -2.63. The highest BCUT2D eigenvalue weighted by molar-refractivity contribution is 7.16. The maximum Gasteiger partial charge on any atom is 0.410 e. The molecule has 0 spiro atoms. The summed E-state index contributed by atoms with van der Waals surface area (Å²) in [5.74, 6) is 1.63. The summed E-state index contributed by atoms with van der Waals surface area (Å²) in [6.45, 7) is 13.0. The Hall–Kier alpha value is -3.89. The van der Waals surface area contributed by atoms with Crippen molar-refractivity contribution in [1.29, 1.82) is 5.26 Å². The number of rotatable bonds is 7. The molecule has 2 N–H and O–H groups in total. The van der Waals surface area contributed by atoms with Gasteiger partial charge in [0.25, 0.3) is 0 Å². The molecule has 5 atom stereocenters. The number of nitriles is 1. The van der Waals surface area contributed by atoms with E-state index in [1.807, 2.05) is 34.6 Å². The Morgan fingerprint density at radius 3 is 2.74 bits per heavy atom.